The van der Waals surface area contributed by atoms with Gasteiger partial charge in [-0.3, -0.25) is 0 Å². The van der Waals surface area contributed by atoms with Crippen molar-refractivity contribution in [1.29, 1.82) is 0 Å². The predicted molar refractivity (Wildman–Crippen MR) is 84.2 cm³/mol. The second kappa shape index (κ2) is 6.72. The molecule has 0 fully saturated rings. The number of halogens is 1. The highest BCUT2D eigenvalue weighted by Gasteiger charge is 2.19. The van der Waals surface area contributed by atoms with Crippen LogP contribution in [0.4, 0.5) is 4.39 Å². The monoisotopic (exact) mass is 287 g/mol. The highest BCUT2D eigenvalue weighted by Crippen LogP contribution is 2.32. The third-order valence-electron chi connectivity index (χ3n) is 3.42. The highest BCUT2D eigenvalue weighted by molar-refractivity contribution is 5.44. The first-order valence-electron chi connectivity index (χ1n) is 7.21. The second-order valence-corrected chi connectivity index (χ2v) is 5.43. The summed E-state index contributed by atoms with van der Waals surface area (Å²) in [6.07, 6.45) is 0.109. The van der Waals surface area contributed by atoms with Gasteiger partial charge < -0.3 is 10.1 Å². The van der Waals surface area contributed by atoms with Gasteiger partial charge in [-0.05, 0) is 57.1 Å². The average molecular weight is 287 g/mol. The lowest BCUT2D eigenvalue weighted by Crippen LogP contribution is -2.20. The first-order valence-corrected chi connectivity index (χ1v) is 7.21. The van der Waals surface area contributed by atoms with E-state index in [1.165, 1.54) is 6.07 Å². The van der Waals surface area contributed by atoms with Crippen molar-refractivity contribution in [3.8, 4) is 5.75 Å². The van der Waals surface area contributed by atoms with Crippen LogP contribution in [0.2, 0.25) is 0 Å². The highest BCUT2D eigenvalue weighted by atomic mass is 19.1. The minimum Gasteiger partial charge on any atom is -0.491 e. The maximum Gasteiger partial charge on any atom is 0.124 e. The van der Waals surface area contributed by atoms with Crippen LogP contribution in [-0.4, -0.2) is 13.2 Å². The molecule has 21 heavy (non-hydrogen) atoms. The van der Waals surface area contributed by atoms with E-state index >= 15 is 0 Å². The molecule has 2 aromatic rings. The molecule has 0 heterocycles. The fraction of sp³-hybridized carbons (Fsp3) is 0.333. The topological polar surface area (TPSA) is 21.3 Å². The molecule has 2 rings (SSSR count). The van der Waals surface area contributed by atoms with Crippen molar-refractivity contribution in [3.63, 3.8) is 0 Å². The number of hydrogen-bond donors (Lipinski definition) is 1. The molecule has 0 bridgehead atoms. The zero-order valence-corrected chi connectivity index (χ0v) is 13.0. The number of hydrogen-bond acceptors (Lipinski definition) is 2. The Morgan fingerprint density at radius 2 is 1.76 bits per heavy atom. The molecule has 2 aromatic carbocycles. The van der Waals surface area contributed by atoms with Gasteiger partial charge in [0, 0.05) is 5.56 Å². The van der Waals surface area contributed by atoms with Crippen LogP contribution in [0.3, 0.4) is 0 Å². The Balaban J connectivity index is 2.46. The number of nitrogens with one attached hydrogen (secondary N) is 1. The van der Waals surface area contributed by atoms with Crippen LogP contribution in [-0.2, 0) is 0 Å². The molecule has 0 saturated heterocycles. The molecular formula is C18H22FNO. The SMILES string of the molecule is CNC(c1ccc(F)cc1C)c1ccccc1OC(C)C. The van der Waals surface area contributed by atoms with Crippen molar-refractivity contribution >= 4 is 0 Å². The quantitative estimate of drug-likeness (QED) is 0.888. The summed E-state index contributed by atoms with van der Waals surface area (Å²) in [6, 6.07) is 12.8. The third-order valence-corrected chi connectivity index (χ3v) is 3.42. The molecule has 2 nitrogen and oxygen atoms in total. The van der Waals surface area contributed by atoms with Gasteiger partial charge in [0.25, 0.3) is 0 Å². The van der Waals surface area contributed by atoms with E-state index in [0.29, 0.717) is 0 Å². The Kier molecular flexibility index (Phi) is 4.97. The summed E-state index contributed by atoms with van der Waals surface area (Å²) in [5.41, 5.74) is 3.04. The van der Waals surface area contributed by atoms with Gasteiger partial charge in [0.2, 0.25) is 0 Å². The van der Waals surface area contributed by atoms with Crippen molar-refractivity contribution in [2.75, 3.05) is 7.05 Å². The van der Waals surface area contributed by atoms with Gasteiger partial charge in [0.15, 0.2) is 0 Å². The van der Waals surface area contributed by atoms with E-state index < -0.39 is 0 Å². The van der Waals surface area contributed by atoms with Gasteiger partial charge in [0.05, 0.1) is 12.1 Å². The van der Waals surface area contributed by atoms with Gasteiger partial charge in [-0.15, -0.1) is 0 Å². The van der Waals surface area contributed by atoms with Crippen molar-refractivity contribution in [2.24, 2.45) is 0 Å². The minimum atomic E-state index is -0.210. The average Bonchev–Trinajstić information content (AvgIpc) is 2.43. The maximum atomic E-state index is 13.3. The molecule has 1 atom stereocenters. The zero-order valence-electron chi connectivity index (χ0n) is 13.0. The van der Waals surface area contributed by atoms with E-state index in [1.807, 2.05) is 58.2 Å². The molecule has 0 aliphatic rings. The van der Waals surface area contributed by atoms with Crippen molar-refractivity contribution in [1.82, 2.24) is 5.32 Å². The minimum absolute atomic E-state index is 0.0273. The second-order valence-electron chi connectivity index (χ2n) is 5.43. The van der Waals surface area contributed by atoms with E-state index in [9.17, 15) is 4.39 Å². The molecule has 0 amide bonds. The summed E-state index contributed by atoms with van der Waals surface area (Å²) in [5, 5.41) is 3.31. The van der Waals surface area contributed by atoms with Crippen LogP contribution in [0.25, 0.3) is 0 Å². The summed E-state index contributed by atoms with van der Waals surface area (Å²) in [7, 11) is 1.90. The van der Waals surface area contributed by atoms with Crippen LogP contribution < -0.4 is 10.1 Å². The lowest BCUT2D eigenvalue weighted by atomic mass is 9.94. The summed E-state index contributed by atoms with van der Waals surface area (Å²) in [6.45, 7) is 5.94. The summed E-state index contributed by atoms with van der Waals surface area (Å²) < 4.78 is 19.2. The standard InChI is InChI=1S/C18H22FNO/c1-12(2)21-17-8-6-5-7-16(17)18(20-4)15-10-9-14(19)11-13(15)3/h5-12,18,20H,1-4H3. The molecule has 3 heteroatoms. The van der Waals surface area contributed by atoms with E-state index in [2.05, 4.69) is 5.32 Å². The molecule has 112 valence electrons. The lowest BCUT2D eigenvalue weighted by molar-refractivity contribution is 0.238. The Labute approximate surface area is 126 Å². The van der Waals surface area contributed by atoms with E-state index in [1.54, 1.807) is 6.07 Å². The summed E-state index contributed by atoms with van der Waals surface area (Å²) in [5.74, 6) is 0.647. The molecule has 0 aliphatic heterocycles. The molecule has 1 unspecified atom stereocenters. The van der Waals surface area contributed by atoms with Crippen molar-refractivity contribution in [3.05, 3.63) is 65.0 Å². The lowest BCUT2D eigenvalue weighted by Gasteiger charge is -2.23. The Morgan fingerprint density at radius 3 is 2.38 bits per heavy atom. The van der Waals surface area contributed by atoms with Crippen LogP contribution in [0.5, 0.6) is 5.75 Å². The third kappa shape index (κ3) is 3.61. The largest absolute Gasteiger partial charge is 0.491 e. The van der Waals surface area contributed by atoms with Crippen molar-refractivity contribution in [2.45, 2.75) is 32.9 Å². The molecule has 0 spiro atoms. The molecule has 0 aliphatic carbocycles. The summed E-state index contributed by atoms with van der Waals surface area (Å²) in [4.78, 5) is 0. The van der Waals surface area contributed by atoms with Gasteiger partial charge in [-0.25, -0.2) is 4.39 Å². The summed E-state index contributed by atoms with van der Waals surface area (Å²) >= 11 is 0. The Morgan fingerprint density at radius 1 is 1.05 bits per heavy atom. The number of benzene rings is 2. The van der Waals surface area contributed by atoms with Crippen molar-refractivity contribution < 1.29 is 9.13 Å². The number of rotatable bonds is 5. The fourth-order valence-electron chi connectivity index (χ4n) is 2.52. The normalized spacial score (nSPS) is 12.5. The Hall–Kier alpha value is -1.87. The predicted octanol–water partition coefficient (Wildman–Crippen LogP) is 4.23. The Bertz CT molecular complexity index is 610. The molecule has 0 aromatic heterocycles. The van der Waals surface area contributed by atoms with Crippen LogP contribution in [0.15, 0.2) is 42.5 Å². The van der Waals surface area contributed by atoms with Gasteiger partial charge >= 0.3 is 0 Å². The van der Waals surface area contributed by atoms with Gasteiger partial charge in [-0.2, -0.15) is 0 Å². The van der Waals surface area contributed by atoms with E-state index in [4.69, 9.17) is 4.74 Å². The van der Waals surface area contributed by atoms with E-state index in [0.717, 1.165) is 22.4 Å². The molecule has 0 radical (unpaired) electrons. The van der Waals surface area contributed by atoms with Gasteiger partial charge in [-0.1, -0.05) is 24.3 Å². The van der Waals surface area contributed by atoms with E-state index in [-0.39, 0.29) is 18.0 Å². The van der Waals surface area contributed by atoms with Crippen LogP contribution in [0, 0.1) is 12.7 Å². The zero-order chi connectivity index (χ0) is 15.4. The first-order chi connectivity index (χ1) is 10.0. The fourth-order valence-corrected chi connectivity index (χ4v) is 2.52. The maximum absolute atomic E-state index is 13.3. The smallest absolute Gasteiger partial charge is 0.124 e. The number of ether oxygens (including phenoxy) is 1. The first kappa shape index (κ1) is 15.5. The molecule has 1 N–H and O–H groups in total. The van der Waals surface area contributed by atoms with Gasteiger partial charge in [0.1, 0.15) is 11.6 Å². The number of aryl methyl sites for hydroxylation is 1. The van der Waals surface area contributed by atoms with Crippen LogP contribution >= 0.6 is 0 Å². The van der Waals surface area contributed by atoms with Crippen LogP contribution in [0.1, 0.15) is 36.6 Å². The molecule has 0 saturated carbocycles. The molecular weight excluding hydrogens is 265 g/mol. The number of para-hydroxylation sites is 1.